The van der Waals surface area contributed by atoms with Crippen molar-refractivity contribution >= 4 is 29.1 Å². The smallest absolute Gasteiger partial charge is 0.261 e. The Balaban J connectivity index is 1.64. The molecule has 2 saturated heterocycles. The minimum Gasteiger partial charge on any atom is -0.348 e. The second-order valence-electron chi connectivity index (χ2n) is 4.99. The van der Waals surface area contributed by atoms with Gasteiger partial charge in [-0.05, 0) is 24.3 Å². The maximum absolute atomic E-state index is 12.0. The molecule has 2 fully saturated rings. The van der Waals surface area contributed by atoms with Crippen LogP contribution in [0.25, 0.3) is 0 Å². The molecule has 0 unspecified atom stereocenters. The summed E-state index contributed by atoms with van der Waals surface area (Å²) in [6, 6.07) is 3.09. The van der Waals surface area contributed by atoms with Crippen LogP contribution in [0.2, 0.25) is 0 Å². The lowest BCUT2D eigenvalue weighted by Gasteiger charge is -2.41. The highest BCUT2D eigenvalue weighted by molar-refractivity contribution is 7.12. The Morgan fingerprint density at radius 2 is 2.30 bits per heavy atom. The molecule has 106 valence electrons. The third-order valence-corrected chi connectivity index (χ3v) is 4.59. The summed E-state index contributed by atoms with van der Waals surface area (Å²) in [4.78, 5) is 37.8. The normalized spacial score (nSPS) is 25.9. The number of fused-ring (bicyclic) bond motifs is 1. The molecule has 0 aliphatic carbocycles. The number of piperidine rings is 1. The van der Waals surface area contributed by atoms with Gasteiger partial charge in [0, 0.05) is 12.6 Å². The molecule has 20 heavy (non-hydrogen) atoms. The standard InChI is InChI=1S/C13H15N3O3S/c17-11-7-14-12(18)9-6-8(3-4-16(9)11)15-13(19)10-2-1-5-20-10/h1-2,5,8-9H,3-4,6-7H2,(H,14,18)(H,15,19)/t8-,9+/m1/s1. The van der Waals surface area contributed by atoms with Gasteiger partial charge in [-0.25, -0.2) is 0 Å². The molecule has 1 aromatic rings. The van der Waals surface area contributed by atoms with Crippen molar-refractivity contribution in [3.8, 4) is 0 Å². The third-order valence-electron chi connectivity index (χ3n) is 3.72. The molecule has 0 aromatic carbocycles. The van der Waals surface area contributed by atoms with Crippen LogP contribution in [-0.4, -0.2) is 47.8 Å². The second kappa shape index (κ2) is 5.24. The fourth-order valence-electron chi connectivity index (χ4n) is 2.69. The van der Waals surface area contributed by atoms with Crippen molar-refractivity contribution in [2.24, 2.45) is 0 Å². The van der Waals surface area contributed by atoms with E-state index < -0.39 is 6.04 Å². The second-order valence-corrected chi connectivity index (χ2v) is 5.94. The number of nitrogens with one attached hydrogen (secondary N) is 2. The van der Waals surface area contributed by atoms with Crippen molar-refractivity contribution in [2.45, 2.75) is 24.9 Å². The average molecular weight is 293 g/mol. The molecular weight excluding hydrogens is 278 g/mol. The van der Waals surface area contributed by atoms with E-state index in [0.29, 0.717) is 24.3 Å². The first-order valence-electron chi connectivity index (χ1n) is 6.56. The Bertz CT molecular complexity index is 543. The molecule has 7 heteroatoms. The maximum Gasteiger partial charge on any atom is 0.261 e. The molecule has 2 N–H and O–H groups in total. The van der Waals surface area contributed by atoms with Gasteiger partial charge in [0.15, 0.2) is 0 Å². The molecule has 3 amide bonds. The van der Waals surface area contributed by atoms with E-state index in [9.17, 15) is 14.4 Å². The lowest BCUT2D eigenvalue weighted by molar-refractivity contribution is -0.147. The van der Waals surface area contributed by atoms with Gasteiger partial charge < -0.3 is 15.5 Å². The van der Waals surface area contributed by atoms with Crippen LogP contribution in [-0.2, 0) is 9.59 Å². The Morgan fingerprint density at radius 3 is 3.05 bits per heavy atom. The predicted octanol–water partition coefficient (Wildman–Crippen LogP) is -0.0327. The van der Waals surface area contributed by atoms with Crippen LogP contribution in [0.3, 0.4) is 0 Å². The van der Waals surface area contributed by atoms with Crippen molar-refractivity contribution in [3.05, 3.63) is 22.4 Å². The van der Waals surface area contributed by atoms with Gasteiger partial charge in [0.2, 0.25) is 11.8 Å². The molecule has 3 rings (SSSR count). The summed E-state index contributed by atoms with van der Waals surface area (Å²) in [5.74, 6) is -0.279. The topological polar surface area (TPSA) is 78.5 Å². The lowest BCUT2D eigenvalue weighted by atomic mass is 9.94. The zero-order valence-electron chi connectivity index (χ0n) is 10.8. The fourth-order valence-corrected chi connectivity index (χ4v) is 3.32. The predicted molar refractivity (Wildman–Crippen MR) is 73.3 cm³/mol. The first-order chi connectivity index (χ1) is 9.65. The molecule has 0 radical (unpaired) electrons. The van der Waals surface area contributed by atoms with Crippen molar-refractivity contribution in [2.75, 3.05) is 13.1 Å². The van der Waals surface area contributed by atoms with Crippen LogP contribution in [0.4, 0.5) is 0 Å². The molecule has 6 nitrogen and oxygen atoms in total. The highest BCUT2D eigenvalue weighted by Gasteiger charge is 2.39. The zero-order valence-corrected chi connectivity index (χ0v) is 11.6. The number of carbonyl (C=O) groups excluding carboxylic acids is 3. The van der Waals surface area contributed by atoms with E-state index in [2.05, 4.69) is 10.6 Å². The number of carbonyl (C=O) groups is 3. The van der Waals surface area contributed by atoms with Crippen molar-refractivity contribution in [1.29, 1.82) is 0 Å². The van der Waals surface area contributed by atoms with Gasteiger partial charge in [-0.1, -0.05) is 6.07 Å². The highest BCUT2D eigenvalue weighted by atomic mass is 32.1. The zero-order chi connectivity index (χ0) is 14.1. The number of rotatable bonds is 2. The number of hydrogen-bond acceptors (Lipinski definition) is 4. The van der Waals surface area contributed by atoms with Crippen LogP contribution in [0.5, 0.6) is 0 Å². The van der Waals surface area contributed by atoms with Gasteiger partial charge in [0.1, 0.15) is 6.04 Å². The molecule has 2 aliphatic rings. The molecule has 0 saturated carbocycles. The number of nitrogens with zero attached hydrogens (tertiary/aromatic N) is 1. The molecule has 0 bridgehead atoms. The molecule has 0 spiro atoms. The SMILES string of the molecule is O=C(N[C@@H]1CCN2C(=O)CNC(=O)[C@@H]2C1)c1cccs1. The van der Waals surface area contributed by atoms with Crippen LogP contribution in [0, 0.1) is 0 Å². The van der Waals surface area contributed by atoms with Gasteiger partial charge in [0.25, 0.3) is 5.91 Å². The van der Waals surface area contributed by atoms with Gasteiger partial charge in [-0.2, -0.15) is 0 Å². The molecule has 1 aromatic heterocycles. The fraction of sp³-hybridized carbons (Fsp3) is 0.462. The largest absolute Gasteiger partial charge is 0.348 e. The van der Waals surface area contributed by atoms with E-state index in [-0.39, 0.29) is 30.3 Å². The average Bonchev–Trinajstić information content (AvgIpc) is 2.97. The van der Waals surface area contributed by atoms with Crippen LogP contribution in [0.1, 0.15) is 22.5 Å². The third kappa shape index (κ3) is 2.40. The Morgan fingerprint density at radius 1 is 1.45 bits per heavy atom. The van der Waals surface area contributed by atoms with Crippen LogP contribution < -0.4 is 10.6 Å². The summed E-state index contributed by atoms with van der Waals surface area (Å²) in [7, 11) is 0. The van der Waals surface area contributed by atoms with Gasteiger partial charge in [-0.15, -0.1) is 11.3 Å². The maximum atomic E-state index is 12.0. The molecular formula is C13H15N3O3S. The van der Waals surface area contributed by atoms with Crippen LogP contribution in [0.15, 0.2) is 17.5 Å². The van der Waals surface area contributed by atoms with Crippen molar-refractivity contribution in [3.63, 3.8) is 0 Å². The minimum atomic E-state index is -0.446. The minimum absolute atomic E-state index is 0.0439. The number of thiophene rings is 1. The summed E-state index contributed by atoms with van der Waals surface area (Å²) in [6.45, 7) is 0.605. The molecule has 2 atom stereocenters. The number of amides is 3. The summed E-state index contributed by atoms with van der Waals surface area (Å²) in [6.07, 6.45) is 1.17. The van der Waals surface area contributed by atoms with E-state index >= 15 is 0 Å². The van der Waals surface area contributed by atoms with Gasteiger partial charge in [-0.3, -0.25) is 14.4 Å². The van der Waals surface area contributed by atoms with E-state index in [1.54, 1.807) is 11.0 Å². The molecule has 3 heterocycles. The van der Waals surface area contributed by atoms with E-state index in [4.69, 9.17) is 0 Å². The number of hydrogen-bond donors (Lipinski definition) is 2. The van der Waals surface area contributed by atoms with E-state index in [0.717, 1.165) is 0 Å². The summed E-state index contributed by atoms with van der Waals surface area (Å²) in [5.41, 5.74) is 0. The van der Waals surface area contributed by atoms with Crippen molar-refractivity contribution in [1.82, 2.24) is 15.5 Å². The first kappa shape index (κ1) is 13.1. The summed E-state index contributed by atoms with van der Waals surface area (Å²) in [5, 5.41) is 7.39. The quantitative estimate of drug-likeness (QED) is 0.803. The van der Waals surface area contributed by atoms with E-state index in [1.165, 1.54) is 11.3 Å². The summed E-state index contributed by atoms with van der Waals surface area (Å²) < 4.78 is 0. The van der Waals surface area contributed by atoms with Gasteiger partial charge in [0.05, 0.1) is 11.4 Å². The Labute approximate surface area is 120 Å². The lowest BCUT2D eigenvalue weighted by Crippen LogP contribution is -2.63. The Hall–Kier alpha value is -1.89. The highest BCUT2D eigenvalue weighted by Crippen LogP contribution is 2.21. The van der Waals surface area contributed by atoms with Crippen molar-refractivity contribution < 1.29 is 14.4 Å². The van der Waals surface area contributed by atoms with Crippen LogP contribution >= 0.6 is 11.3 Å². The molecule has 2 aliphatic heterocycles. The van der Waals surface area contributed by atoms with E-state index in [1.807, 2.05) is 11.4 Å². The monoisotopic (exact) mass is 293 g/mol. The van der Waals surface area contributed by atoms with Gasteiger partial charge >= 0.3 is 0 Å². The number of piperazine rings is 1. The summed E-state index contributed by atoms with van der Waals surface area (Å²) >= 11 is 1.39. The first-order valence-corrected chi connectivity index (χ1v) is 7.44. The Kier molecular flexibility index (Phi) is 3.43.